The van der Waals surface area contributed by atoms with Gasteiger partial charge in [-0.05, 0) is 32.0 Å². The Morgan fingerprint density at radius 3 is 2.62 bits per heavy atom. The summed E-state index contributed by atoms with van der Waals surface area (Å²) in [7, 11) is 0. The number of carbonyl (C=O) groups is 1. The van der Waals surface area contributed by atoms with Gasteiger partial charge in [0.1, 0.15) is 0 Å². The SMILES string of the molecule is Cc1cc(C(=O)Nc2ccc3c(c2)OCCCO3)c(C)s1. The normalized spacial score (nSPS) is 13.6. The van der Waals surface area contributed by atoms with Gasteiger partial charge in [-0.2, -0.15) is 0 Å². The maximum Gasteiger partial charge on any atom is 0.256 e. The second-order valence-corrected chi connectivity index (χ2v) is 6.45. The number of rotatable bonds is 2. The molecule has 1 aromatic heterocycles. The molecule has 1 N–H and O–H groups in total. The van der Waals surface area contributed by atoms with Crippen molar-refractivity contribution in [3.8, 4) is 11.5 Å². The number of ether oxygens (including phenoxy) is 2. The van der Waals surface area contributed by atoms with Gasteiger partial charge in [-0.25, -0.2) is 0 Å². The van der Waals surface area contributed by atoms with Crippen molar-refractivity contribution in [3.63, 3.8) is 0 Å². The number of benzene rings is 1. The average Bonchev–Trinajstić information content (AvgIpc) is 2.66. The minimum atomic E-state index is -0.0914. The van der Waals surface area contributed by atoms with E-state index < -0.39 is 0 Å². The Kier molecular flexibility index (Phi) is 3.84. The van der Waals surface area contributed by atoms with Crippen molar-refractivity contribution in [2.45, 2.75) is 20.3 Å². The van der Waals surface area contributed by atoms with E-state index in [-0.39, 0.29) is 5.91 Å². The van der Waals surface area contributed by atoms with Gasteiger partial charge in [0.25, 0.3) is 5.91 Å². The van der Waals surface area contributed by atoms with Gasteiger partial charge >= 0.3 is 0 Å². The predicted molar refractivity (Wildman–Crippen MR) is 83.8 cm³/mol. The summed E-state index contributed by atoms with van der Waals surface area (Å²) in [6.07, 6.45) is 0.865. The molecule has 1 aliphatic rings. The van der Waals surface area contributed by atoms with E-state index in [0.717, 1.165) is 27.5 Å². The zero-order valence-corrected chi connectivity index (χ0v) is 12.9. The molecule has 21 heavy (non-hydrogen) atoms. The van der Waals surface area contributed by atoms with Crippen LogP contribution in [0.25, 0.3) is 0 Å². The van der Waals surface area contributed by atoms with E-state index in [0.29, 0.717) is 24.7 Å². The first-order chi connectivity index (χ1) is 10.1. The molecule has 1 amide bonds. The number of fused-ring (bicyclic) bond motifs is 1. The van der Waals surface area contributed by atoms with Gasteiger partial charge in [0.15, 0.2) is 11.5 Å². The van der Waals surface area contributed by atoms with Crippen molar-refractivity contribution in [2.75, 3.05) is 18.5 Å². The number of anilines is 1. The molecule has 5 heteroatoms. The molecule has 2 aromatic rings. The third-order valence-corrected chi connectivity index (χ3v) is 4.26. The van der Waals surface area contributed by atoms with Crippen molar-refractivity contribution in [3.05, 3.63) is 39.6 Å². The summed E-state index contributed by atoms with van der Waals surface area (Å²) in [6, 6.07) is 7.40. The van der Waals surface area contributed by atoms with Crippen LogP contribution in [0, 0.1) is 13.8 Å². The van der Waals surface area contributed by atoms with Crippen molar-refractivity contribution in [2.24, 2.45) is 0 Å². The van der Waals surface area contributed by atoms with Gasteiger partial charge < -0.3 is 14.8 Å². The highest BCUT2D eigenvalue weighted by Gasteiger charge is 2.15. The lowest BCUT2D eigenvalue weighted by Gasteiger charge is -2.10. The Labute approximate surface area is 127 Å². The van der Waals surface area contributed by atoms with Crippen LogP contribution in [-0.2, 0) is 0 Å². The standard InChI is InChI=1S/C16H17NO3S/c1-10-8-13(11(2)21-10)16(18)17-12-4-5-14-15(9-12)20-7-3-6-19-14/h4-5,8-9H,3,6-7H2,1-2H3,(H,17,18). The lowest BCUT2D eigenvalue weighted by atomic mass is 10.2. The summed E-state index contributed by atoms with van der Waals surface area (Å²) in [5, 5.41) is 2.92. The van der Waals surface area contributed by atoms with Gasteiger partial charge in [0, 0.05) is 27.9 Å². The van der Waals surface area contributed by atoms with Gasteiger partial charge in [0.05, 0.1) is 18.8 Å². The molecule has 0 atom stereocenters. The van der Waals surface area contributed by atoms with Gasteiger partial charge in [0.2, 0.25) is 0 Å². The monoisotopic (exact) mass is 303 g/mol. The van der Waals surface area contributed by atoms with Gasteiger partial charge in [-0.15, -0.1) is 11.3 Å². The lowest BCUT2D eigenvalue weighted by molar-refractivity contribution is 0.102. The predicted octanol–water partition coefficient (Wildman–Crippen LogP) is 3.78. The van der Waals surface area contributed by atoms with Gasteiger partial charge in [-0.1, -0.05) is 0 Å². The van der Waals surface area contributed by atoms with Crippen LogP contribution in [0.3, 0.4) is 0 Å². The topological polar surface area (TPSA) is 47.6 Å². The molecule has 1 aliphatic heterocycles. The first-order valence-electron chi connectivity index (χ1n) is 6.91. The molecule has 3 rings (SSSR count). The number of thiophene rings is 1. The molecule has 0 spiro atoms. The van der Waals surface area contributed by atoms with Gasteiger partial charge in [-0.3, -0.25) is 4.79 Å². The molecule has 4 nitrogen and oxygen atoms in total. The van der Waals surface area contributed by atoms with E-state index in [1.54, 1.807) is 11.3 Å². The second-order valence-electron chi connectivity index (χ2n) is 4.99. The Morgan fingerprint density at radius 2 is 1.90 bits per heavy atom. The van der Waals surface area contributed by atoms with E-state index in [4.69, 9.17) is 9.47 Å². The quantitative estimate of drug-likeness (QED) is 0.918. The summed E-state index contributed by atoms with van der Waals surface area (Å²) in [4.78, 5) is 14.5. The van der Waals surface area contributed by atoms with Crippen LogP contribution in [-0.4, -0.2) is 19.1 Å². The molecule has 0 saturated carbocycles. The Hall–Kier alpha value is -2.01. The molecule has 1 aromatic carbocycles. The Balaban J connectivity index is 1.80. The van der Waals surface area contributed by atoms with E-state index in [2.05, 4.69) is 5.32 Å². The molecule has 0 unspecified atom stereocenters. The molecule has 0 radical (unpaired) electrons. The van der Waals surface area contributed by atoms with Crippen molar-refractivity contribution < 1.29 is 14.3 Å². The van der Waals surface area contributed by atoms with E-state index in [1.165, 1.54) is 0 Å². The zero-order chi connectivity index (χ0) is 14.8. The molecule has 0 bridgehead atoms. The zero-order valence-electron chi connectivity index (χ0n) is 12.1. The molecule has 110 valence electrons. The molecular formula is C16H17NO3S. The first kappa shape index (κ1) is 13.9. The van der Waals surface area contributed by atoms with E-state index in [9.17, 15) is 4.79 Å². The fourth-order valence-electron chi connectivity index (χ4n) is 2.30. The molecule has 0 saturated heterocycles. The Morgan fingerprint density at radius 1 is 1.14 bits per heavy atom. The maximum atomic E-state index is 12.3. The molecular weight excluding hydrogens is 286 g/mol. The summed E-state index contributed by atoms with van der Waals surface area (Å²) < 4.78 is 11.2. The first-order valence-corrected chi connectivity index (χ1v) is 7.73. The number of amides is 1. The van der Waals surface area contributed by atoms with Crippen molar-refractivity contribution in [1.29, 1.82) is 0 Å². The fraction of sp³-hybridized carbons (Fsp3) is 0.312. The fourth-order valence-corrected chi connectivity index (χ4v) is 3.22. The number of carbonyl (C=O) groups excluding carboxylic acids is 1. The highest BCUT2D eigenvalue weighted by atomic mass is 32.1. The van der Waals surface area contributed by atoms with Crippen LogP contribution >= 0.6 is 11.3 Å². The van der Waals surface area contributed by atoms with Crippen LogP contribution in [0.15, 0.2) is 24.3 Å². The number of aryl methyl sites for hydroxylation is 2. The third-order valence-electron chi connectivity index (χ3n) is 3.29. The molecule has 2 heterocycles. The smallest absolute Gasteiger partial charge is 0.256 e. The Bertz CT molecular complexity index is 678. The summed E-state index contributed by atoms with van der Waals surface area (Å²) in [5.41, 5.74) is 1.44. The third kappa shape index (κ3) is 3.03. The maximum absolute atomic E-state index is 12.3. The van der Waals surface area contributed by atoms with Crippen molar-refractivity contribution >= 4 is 22.9 Å². The van der Waals surface area contributed by atoms with Crippen LogP contribution in [0.2, 0.25) is 0 Å². The van der Waals surface area contributed by atoms with Crippen LogP contribution in [0.5, 0.6) is 11.5 Å². The highest BCUT2D eigenvalue weighted by molar-refractivity contribution is 7.12. The lowest BCUT2D eigenvalue weighted by Crippen LogP contribution is -2.12. The minimum Gasteiger partial charge on any atom is -0.490 e. The number of nitrogens with one attached hydrogen (secondary N) is 1. The van der Waals surface area contributed by atoms with Crippen LogP contribution in [0.1, 0.15) is 26.5 Å². The number of hydrogen-bond acceptors (Lipinski definition) is 4. The number of hydrogen-bond donors (Lipinski definition) is 1. The molecule has 0 aliphatic carbocycles. The summed E-state index contributed by atoms with van der Waals surface area (Å²) in [6.45, 7) is 5.25. The molecule has 0 fully saturated rings. The van der Waals surface area contributed by atoms with E-state index in [1.807, 2.05) is 38.1 Å². The van der Waals surface area contributed by atoms with E-state index >= 15 is 0 Å². The highest BCUT2D eigenvalue weighted by Crippen LogP contribution is 2.32. The second kappa shape index (κ2) is 5.77. The van der Waals surface area contributed by atoms with Crippen LogP contribution < -0.4 is 14.8 Å². The minimum absolute atomic E-state index is 0.0914. The van der Waals surface area contributed by atoms with Crippen molar-refractivity contribution in [1.82, 2.24) is 0 Å². The summed E-state index contributed by atoms with van der Waals surface area (Å²) >= 11 is 1.63. The largest absolute Gasteiger partial charge is 0.490 e. The summed E-state index contributed by atoms with van der Waals surface area (Å²) in [5.74, 6) is 1.32. The van der Waals surface area contributed by atoms with Crippen LogP contribution in [0.4, 0.5) is 5.69 Å². The average molecular weight is 303 g/mol.